The summed E-state index contributed by atoms with van der Waals surface area (Å²) in [5.74, 6) is 0.154. The van der Waals surface area contributed by atoms with Crippen LogP contribution >= 0.6 is 34.5 Å². The van der Waals surface area contributed by atoms with Crippen LogP contribution in [0.2, 0.25) is 10.0 Å². The van der Waals surface area contributed by atoms with Crippen molar-refractivity contribution >= 4 is 45.6 Å². The highest BCUT2D eigenvalue weighted by Crippen LogP contribution is 2.31. The van der Waals surface area contributed by atoms with E-state index in [1.165, 1.54) is 11.3 Å². The van der Waals surface area contributed by atoms with Crippen LogP contribution in [0.1, 0.15) is 5.69 Å². The van der Waals surface area contributed by atoms with Gasteiger partial charge in [0.25, 0.3) is 5.91 Å². The van der Waals surface area contributed by atoms with Gasteiger partial charge < -0.3 is 4.74 Å². The summed E-state index contributed by atoms with van der Waals surface area (Å²) in [6, 6.07) is 10.5. The van der Waals surface area contributed by atoms with Gasteiger partial charge in [-0.05, 0) is 31.2 Å². The van der Waals surface area contributed by atoms with Crippen molar-refractivity contribution in [3.63, 3.8) is 0 Å². The molecule has 0 aliphatic heterocycles. The predicted molar refractivity (Wildman–Crippen MR) is 101 cm³/mol. The molecule has 2 aromatic heterocycles. The minimum atomic E-state index is -0.313. The molecule has 3 aromatic rings. The maximum absolute atomic E-state index is 12.1. The maximum Gasteiger partial charge on any atom is 0.264 e. The second-order valence-corrected chi connectivity index (χ2v) is 6.87. The molecule has 3 rings (SSSR count). The number of halogens is 2. The van der Waals surface area contributed by atoms with Crippen molar-refractivity contribution < 1.29 is 9.53 Å². The average Bonchev–Trinajstić information content (AvgIpc) is 2.97. The highest BCUT2D eigenvalue weighted by atomic mass is 35.5. The smallest absolute Gasteiger partial charge is 0.264 e. The number of aryl methyl sites for hydroxylation is 1. The molecule has 25 heavy (non-hydrogen) atoms. The molecule has 0 aliphatic rings. The van der Waals surface area contributed by atoms with Crippen LogP contribution in [0.4, 0.5) is 5.13 Å². The normalized spacial score (nSPS) is 10.5. The summed E-state index contributed by atoms with van der Waals surface area (Å²) in [6.45, 7) is 1.72. The Bertz CT molecular complexity index is 900. The summed E-state index contributed by atoms with van der Waals surface area (Å²) in [5, 5.41) is 4.03. The van der Waals surface area contributed by atoms with Gasteiger partial charge in [0.2, 0.25) is 0 Å². The Kier molecular flexibility index (Phi) is 5.53. The number of thiazole rings is 1. The van der Waals surface area contributed by atoms with Crippen molar-refractivity contribution in [3.05, 3.63) is 58.3 Å². The summed E-state index contributed by atoms with van der Waals surface area (Å²) in [5.41, 5.74) is 1.63. The zero-order valence-electron chi connectivity index (χ0n) is 13.1. The van der Waals surface area contributed by atoms with Gasteiger partial charge in [-0.2, -0.15) is 0 Å². The minimum Gasteiger partial charge on any atom is -0.484 e. The van der Waals surface area contributed by atoms with Crippen LogP contribution in [-0.2, 0) is 4.79 Å². The molecule has 0 saturated heterocycles. The van der Waals surface area contributed by atoms with Crippen LogP contribution in [0.15, 0.2) is 42.6 Å². The maximum atomic E-state index is 12.1. The summed E-state index contributed by atoms with van der Waals surface area (Å²) in [6.07, 6.45) is 1.72. The van der Waals surface area contributed by atoms with Crippen LogP contribution in [0.25, 0.3) is 10.6 Å². The van der Waals surface area contributed by atoms with Gasteiger partial charge in [0.15, 0.2) is 11.7 Å². The minimum absolute atomic E-state index is 0.157. The Morgan fingerprint density at radius 1 is 1.24 bits per heavy atom. The van der Waals surface area contributed by atoms with Gasteiger partial charge in [0, 0.05) is 12.3 Å². The molecular weight excluding hydrogens is 381 g/mol. The number of ether oxygens (including phenoxy) is 1. The fourth-order valence-corrected chi connectivity index (χ4v) is 3.30. The summed E-state index contributed by atoms with van der Waals surface area (Å²) >= 11 is 13.1. The van der Waals surface area contributed by atoms with Crippen molar-refractivity contribution in [2.75, 3.05) is 11.9 Å². The number of amides is 1. The number of rotatable bonds is 5. The molecule has 0 bridgehead atoms. The Balaban J connectivity index is 1.62. The van der Waals surface area contributed by atoms with Gasteiger partial charge in [-0.15, -0.1) is 0 Å². The third-order valence-corrected chi connectivity index (χ3v) is 5.04. The Morgan fingerprint density at radius 2 is 2.08 bits per heavy atom. The van der Waals surface area contributed by atoms with E-state index in [9.17, 15) is 4.79 Å². The van der Waals surface area contributed by atoms with Gasteiger partial charge in [-0.3, -0.25) is 15.1 Å². The quantitative estimate of drug-likeness (QED) is 0.673. The second kappa shape index (κ2) is 7.82. The van der Waals surface area contributed by atoms with Crippen molar-refractivity contribution in [1.29, 1.82) is 0 Å². The lowest BCUT2D eigenvalue weighted by Crippen LogP contribution is -2.20. The number of hydrogen-bond acceptors (Lipinski definition) is 5. The molecule has 1 N–H and O–H groups in total. The first-order chi connectivity index (χ1) is 12.0. The van der Waals surface area contributed by atoms with E-state index in [0.29, 0.717) is 20.9 Å². The fourth-order valence-electron chi connectivity index (χ4n) is 2.06. The number of carbonyl (C=O) groups is 1. The number of benzene rings is 1. The van der Waals surface area contributed by atoms with Crippen molar-refractivity contribution in [1.82, 2.24) is 9.97 Å². The molecule has 0 saturated carbocycles. The Morgan fingerprint density at radius 3 is 2.80 bits per heavy atom. The van der Waals surface area contributed by atoms with Gasteiger partial charge >= 0.3 is 0 Å². The molecule has 2 heterocycles. The van der Waals surface area contributed by atoms with E-state index >= 15 is 0 Å². The lowest BCUT2D eigenvalue weighted by Gasteiger charge is -2.06. The molecule has 8 heteroatoms. The van der Waals surface area contributed by atoms with Gasteiger partial charge in [-0.1, -0.05) is 40.6 Å². The lowest BCUT2D eigenvalue weighted by molar-refractivity contribution is -0.118. The molecule has 5 nitrogen and oxygen atoms in total. The zero-order valence-corrected chi connectivity index (χ0v) is 15.5. The fraction of sp³-hybridized carbons (Fsp3) is 0.118. The number of nitrogens with one attached hydrogen (secondary N) is 1. The van der Waals surface area contributed by atoms with Crippen LogP contribution in [0, 0.1) is 6.92 Å². The third-order valence-electron chi connectivity index (χ3n) is 3.20. The number of pyridine rings is 1. The Hall–Kier alpha value is -2.15. The van der Waals surface area contributed by atoms with Gasteiger partial charge in [0.1, 0.15) is 5.75 Å². The molecule has 0 spiro atoms. The molecule has 0 unspecified atom stereocenters. The molecule has 1 aromatic carbocycles. The SMILES string of the molecule is Cc1nc(NC(=O)COc2ccc(Cl)c(Cl)c2)sc1-c1ccccn1. The van der Waals surface area contributed by atoms with E-state index in [4.69, 9.17) is 27.9 Å². The first-order valence-corrected chi connectivity index (χ1v) is 8.86. The predicted octanol–water partition coefficient (Wildman–Crippen LogP) is 4.84. The summed E-state index contributed by atoms with van der Waals surface area (Å²) in [4.78, 5) is 21.6. The molecule has 0 aliphatic carbocycles. The van der Waals surface area contributed by atoms with Crippen LogP contribution < -0.4 is 10.1 Å². The van der Waals surface area contributed by atoms with E-state index < -0.39 is 0 Å². The highest BCUT2D eigenvalue weighted by molar-refractivity contribution is 7.19. The molecule has 0 radical (unpaired) electrons. The first kappa shape index (κ1) is 17.7. The second-order valence-electron chi connectivity index (χ2n) is 5.06. The number of hydrogen-bond donors (Lipinski definition) is 1. The number of aromatic nitrogens is 2. The van der Waals surface area contributed by atoms with Crippen molar-refractivity contribution in [3.8, 4) is 16.3 Å². The number of carbonyl (C=O) groups excluding carboxylic acids is 1. The van der Waals surface area contributed by atoms with E-state index in [1.807, 2.05) is 25.1 Å². The zero-order chi connectivity index (χ0) is 17.8. The number of nitrogens with zero attached hydrogens (tertiary/aromatic N) is 2. The van der Waals surface area contributed by atoms with Gasteiger partial charge in [0.05, 0.1) is 26.3 Å². The molecule has 1 amide bonds. The van der Waals surface area contributed by atoms with Crippen LogP contribution in [0.3, 0.4) is 0 Å². The van der Waals surface area contributed by atoms with E-state index in [0.717, 1.165) is 16.3 Å². The first-order valence-electron chi connectivity index (χ1n) is 7.29. The molecule has 0 fully saturated rings. The van der Waals surface area contributed by atoms with Crippen molar-refractivity contribution in [2.24, 2.45) is 0 Å². The van der Waals surface area contributed by atoms with Gasteiger partial charge in [-0.25, -0.2) is 4.98 Å². The monoisotopic (exact) mass is 393 g/mol. The van der Waals surface area contributed by atoms with Crippen LogP contribution in [-0.4, -0.2) is 22.5 Å². The molecule has 128 valence electrons. The van der Waals surface area contributed by atoms with E-state index in [2.05, 4.69) is 15.3 Å². The molecule has 0 atom stereocenters. The number of anilines is 1. The topological polar surface area (TPSA) is 64.1 Å². The average molecular weight is 394 g/mol. The van der Waals surface area contributed by atoms with E-state index in [-0.39, 0.29) is 12.5 Å². The van der Waals surface area contributed by atoms with Crippen LogP contribution in [0.5, 0.6) is 5.75 Å². The molecular formula is C17H13Cl2N3O2S. The summed E-state index contributed by atoms with van der Waals surface area (Å²) in [7, 11) is 0. The summed E-state index contributed by atoms with van der Waals surface area (Å²) < 4.78 is 5.41. The van der Waals surface area contributed by atoms with Crippen molar-refractivity contribution in [2.45, 2.75) is 6.92 Å². The largest absolute Gasteiger partial charge is 0.484 e. The standard InChI is InChI=1S/C17H13Cl2N3O2S/c1-10-16(14-4-2-3-7-20-14)25-17(21-10)22-15(23)9-24-11-5-6-12(18)13(19)8-11/h2-8H,9H2,1H3,(H,21,22,23). The Labute approximate surface area is 158 Å². The third kappa shape index (κ3) is 4.48. The van der Waals surface area contributed by atoms with E-state index in [1.54, 1.807) is 24.4 Å². The highest BCUT2D eigenvalue weighted by Gasteiger charge is 2.13. The lowest BCUT2D eigenvalue weighted by atomic mass is 10.3.